The zero-order valence-corrected chi connectivity index (χ0v) is 12.8. The minimum Gasteiger partial charge on any atom is -0.386 e. The van der Waals surface area contributed by atoms with E-state index in [1.54, 1.807) is 23.9 Å². The van der Waals surface area contributed by atoms with Crippen molar-refractivity contribution in [1.82, 2.24) is 0 Å². The molecule has 0 bridgehead atoms. The fourth-order valence-corrected chi connectivity index (χ4v) is 3.07. The van der Waals surface area contributed by atoms with Gasteiger partial charge in [-0.15, -0.1) is 0 Å². The summed E-state index contributed by atoms with van der Waals surface area (Å²) in [4.78, 5) is 4.49. The zero-order valence-electron chi connectivity index (χ0n) is 10.4. The molecule has 2 nitrogen and oxygen atoms in total. The molecule has 1 aromatic rings. The lowest BCUT2D eigenvalue weighted by molar-refractivity contribution is 0.514. The molecule has 0 fully saturated rings. The van der Waals surface area contributed by atoms with Crippen LogP contribution in [-0.2, 0) is 0 Å². The first-order valence-corrected chi connectivity index (χ1v) is 7.82. The summed E-state index contributed by atoms with van der Waals surface area (Å²) in [7, 11) is 0. The van der Waals surface area contributed by atoms with Crippen LogP contribution in [0.5, 0.6) is 0 Å². The van der Waals surface area contributed by atoms with Gasteiger partial charge in [-0.2, -0.15) is 11.8 Å². The molecule has 0 amide bonds. The molecule has 0 aliphatic carbocycles. The second kappa shape index (κ2) is 5.21. The van der Waals surface area contributed by atoms with Crippen LogP contribution in [0, 0.1) is 5.82 Å². The highest BCUT2D eigenvalue weighted by atomic mass is 79.9. The van der Waals surface area contributed by atoms with Crippen molar-refractivity contribution in [3.05, 3.63) is 34.1 Å². The Bertz CT molecular complexity index is 492. The Labute approximate surface area is 119 Å². The molecule has 2 unspecified atom stereocenters. The van der Waals surface area contributed by atoms with Crippen molar-refractivity contribution in [3.8, 4) is 0 Å². The Kier molecular flexibility index (Phi) is 4.02. The van der Waals surface area contributed by atoms with E-state index < -0.39 is 0 Å². The lowest BCUT2D eigenvalue weighted by Crippen LogP contribution is -2.41. The Balaban J connectivity index is 2.35. The van der Waals surface area contributed by atoms with E-state index in [1.807, 2.05) is 6.26 Å². The van der Waals surface area contributed by atoms with Crippen molar-refractivity contribution in [1.29, 1.82) is 0 Å². The normalized spacial score (nSPS) is 28.0. The van der Waals surface area contributed by atoms with Crippen molar-refractivity contribution in [2.75, 3.05) is 6.26 Å². The molecule has 0 radical (unpaired) electrons. The Morgan fingerprint density at radius 2 is 2.28 bits per heavy atom. The van der Waals surface area contributed by atoms with Gasteiger partial charge in [-0.3, -0.25) is 4.99 Å². The number of rotatable bonds is 2. The lowest BCUT2D eigenvalue weighted by Gasteiger charge is -2.33. The number of halogens is 2. The quantitative estimate of drug-likeness (QED) is 0.892. The smallest absolute Gasteiger partial charge is 0.128 e. The molecular formula is C13H16BrFN2S. The van der Waals surface area contributed by atoms with E-state index in [0.29, 0.717) is 11.4 Å². The number of thioether (sulfide) groups is 1. The van der Waals surface area contributed by atoms with Crippen LogP contribution >= 0.6 is 27.7 Å². The van der Waals surface area contributed by atoms with Crippen LogP contribution in [0.2, 0.25) is 0 Å². The van der Waals surface area contributed by atoms with Crippen LogP contribution in [-0.4, -0.2) is 16.8 Å². The van der Waals surface area contributed by atoms with Crippen LogP contribution in [0.1, 0.15) is 31.4 Å². The highest BCUT2D eigenvalue weighted by Gasteiger charge is 2.34. The van der Waals surface area contributed by atoms with Crippen LogP contribution < -0.4 is 5.73 Å². The minimum atomic E-state index is -0.215. The zero-order chi connectivity index (χ0) is 13.3. The predicted molar refractivity (Wildman–Crippen MR) is 79.6 cm³/mol. The monoisotopic (exact) mass is 330 g/mol. The summed E-state index contributed by atoms with van der Waals surface area (Å²) in [5.74, 6) is 0.401. The molecule has 1 heterocycles. The van der Waals surface area contributed by atoms with Gasteiger partial charge in [0, 0.05) is 10.0 Å². The average Bonchev–Trinajstić information content (AvgIpc) is 2.36. The number of hydrogen-bond acceptors (Lipinski definition) is 3. The summed E-state index contributed by atoms with van der Waals surface area (Å²) in [6.07, 6.45) is 3.77. The van der Waals surface area contributed by atoms with Gasteiger partial charge < -0.3 is 5.73 Å². The number of nitrogens with zero attached hydrogens (tertiary/aromatic N) is 1. The Morgan fingerprint density at radius 3 is 2.89 bits per heavy atom. The maximum atomic E-state index is 13.8. The summed E-state index contributed by atoms with van der Waals surface area (Å²) in [6.45, 7) is 2.09. The number of nitrogens with two attached hydrogens (primary N) is 1. The van der Waals surface area contributed by atoms with E-state index in [-0.39, 0.29) is 16.6 Å². The third-order valence-corrected chi connectivity index (χ3v) is 5.31. The van der Waals surface area contributed by atoms with Gasteiger partial charge in [0.25, 0.3) is 0 Å². The second-order valence-corrected chi connectivity index (χ2v) is 6.89. The molecule has 2 rings (SSSR count). The van der Waals surface area contributed by atoms with Gasteiger partial charge in [-0.1, -0.05) is 15.9 Å². The van der Waals surface area contributed by atoms with Crippen molar-refractivity contribution in [2.45, 2.75) is 30.6 Å². The number of aliphatic imine (C=N–C) groups is 1. The average molecular weight is 331 g/mol. The highest BCUT2D eigenvalue weighted by molar-refractivity contribution is 9.10. The van der Waals surface area contributed by atoms with E-state index in [9.17, 15) is 4.39 Å². The van der Waals surface area contributed by atoms with Crippen LogP contribution in [0.4, 0.5) is 4.39 Å². The van der Waals surface area contributed by atoms with Gasteiger partial charge >= 0.3 is 0 Å². The standard InChI is InChI=1S/C13H16BrFN2S/c1-13(18-2)6-5-11(17-12(13)16)9-7-8(14)3-4-10(9)15/h3-4,7,11H,5-6H2,1-2H3,(H2,16,17). The van der Waals surface area contributed by atoms with Gasteiger partial charge in [0.15, 0.2) is 0 Å². The largest absolute Gasteiger partial charge is 0.386 e. The van der Waals surface area contributed by atoms with Gasteiger partial charge in [0.1, 0.15) is 11.7 Å². The van der Waals surface area contributed by atoms with Crippen molar-refractivity contribution >= 4 is 33.5 Å². The predicted octanol–water partition coefficient (Wildman–Crippen LogP) is 3.90. The molecular weight excluding hydrogens is 315 g/mol. The number of benzene rings is 1. The van der Waals surface area contributed by atoms with Crippen molar-refractivity contribution in [3.63, 3.8) is 0 Å². The molecule has 0 saturated carbocycles. The van der Waals surface area contributed by atoms with Gasteiger partial charge in [-0.25, -0.2) is 4.39 Å². The molecule has 2 atom stereocenters. The SMILES string of the molecule is CSC1(C)CCC(c2cc(Br)ccc2F)N=C1N. The summed E-state index contributed by atoms with van der Waals surface area (Å²) >= 11 is 5.07. The Morgan fingerprint density at radius 1 is 1.56 bits per heavy atom. The first-order chi connectivity index (χ1) is 8.46. The van der Waals surface area contributed by atoms with E-state index in [2.05, 4.69) is 27.8 Å². The molecule has 1 aliphatic heterocycles. The maximum absolute atomic E-state index is 13.8. The molecule has 1 aromatic carbocycles. The van der Waals surface area contributed by atoms with Crippen molar-refractivity contribution in [2.24, 2.45) is 10.7 Å². The molecule has 5 heteroatoms. The third-order valence-electron chi connectivity index (χ3n) is 3.50. The van der Waals surface area contributed by atoms with E-state index in [4.69, 9.17) is 5.73 Å². The summed E-state index contributed by atoms with van der Waals surface area (Å²) in [6, 6.07) is 4.79. The molecule has 1 aliphatic rings. The second-order valence-electron chi connectivity index (χ2n) is 4.67. The van der Waals surface area contributed by atoms with Crippen LogP contribution in [0.3, 0.4) is 0 Å². The van der Waals surface area contributed by atoms with E-state index >= 15 is 0 Å². The summed E-state index contributed by atoms with van der Waals surface area (Å²) < 4.78 is 14.6. The molecule has 98 valence electrons. The fourth-order valence-electron chi connectivity index (χ4n) is 2.11. The molecule has 0 aromatic heterocycles. The van der Waals surface area contributed by atoms with Gasteiger partial charge in [0.05, 0.1) is 10.8 Å². The lowest BCUT2D eigenvalue weighted by atomic mass is 9.92. The van der Waals surface area contributed by atoms with E-state index in [0.717, 1.165) is 17.3 Å². The number of amidine groups is 1. The maximum Gasteiger partial charge on any atom is 0.128 e. The first kappa shape index (κ1) is 13.9. The van der Waals surface area contributed by atoms with Gasteiger partial charge in [-0.05, 0) is 44.2 Å². The fraction of sp³-hybridized carbons (Fsp3) is 0.462. The van der Waals surface area contributed by atoms with Crippen LogP contribution in [0.25, 0.3) is 0 Å². The summed E-state index contributed by atoms with van der Waals surface area (Å²) in [5.41, 5.74) is 6.66. The third kappa shape index (κ3) is 2.57. The van der Waals surface area contributed by atoms with E-state index in [1.165, 1.54) is 6.07 Å². The first-order valence-electron chi connectivity index (χ1n) is 5.80. The topological polar surface area (TPSA) is 38.4 Å². The summed E-state index contributed by atoms with van der Waals surface area (Å²) in [5, 5.41) is 0. The van der Waals surface area contributed by atoms with Crippen LogP contribution in [0.15, 0.2) is 27.7 Å². The van der Waals surface area contributed by atoms with Crippen molar-refractivity contribution < 1.29 is 4.39 Å². The Hall–Kier alpha value is -0.550. The van der Waals surface area contributed by atoms with Gasteiger partial charge in [0.2, 0.25) is 0 Å². The molecule has 18 heavy (non-hydrogen) atoms. The molecule has 0 saturated heterocycles. The minimum absolute atomic E-state index is 0.112. The molecule has 0 spiro atoms. The molecule has 2 N–H and O–H groups in total. The highest BCUT2D eigenvalue weighted by Crippen LogP contribution is 2.39. The number of hydrogen-bond donors (Lipinski definition) is 1.